The summed E-state index contributed by atoms with van der Waals surface area (Å²) in [6.07, 6.45) is 5.22. The van der Waals surface area contributed by atoms with Crippen LogP contribution in [0.2, 0.25) is 0 Å². The number of carbonyl (C=O) groups excluding carboxylic acids is 2. The maximum Gasteiger partial charge on any atom is 0.274 e. The zero-order valence-electron chi connectivity index (χ0n) is 24.5. The lowest BCUT2D eigenvalue weighted by Crippen LogP contribution is -2.29. The molecule has 2 N–H and O–H groups in total. The molecule has 41 heavy (non-hydrogen) atoms. The van der Waals surface area contributed by atoms with Crippen molar-refractivity contribution in [3.05, 3.63) is 81.2 Å². The molecule has 4 rings (SSSR count). The topological polar surface area (TPSA) is 86.3 Å². The van der Waals surface area contributed by atoms with Gasteiger partial charge in [-0.1, -0.05) is 32.4 Å². The van der Waals surface area contributed by atoms with E-state index in [4.69, 9.17) is 4.74 Å². The van der Waals surface area contributed by atoms with Crippen molar-refractivity contribution in [1.29, 1.82) is 0 Å². The molecule has 2 aromatic carbocycles. The van der Waals surface area contributed by atoms with E-state index in [1.165, 1.54) is 30.6 Å². The Balaban J connectivity index is 1.55. The van der Waals surface area contributed by atoms with E-state index in [-0.39, 0.29) is 11.8 Å². The summed E-state index contributed by atoms with van der Waals surface area (Å²) in [6.45, 7) is 11.8. The maximum absolute atomic E-state index is 13.4. The monoisotopic (exact) mass is 575 g/mol. The van der Waals surface area contributed by atoms with E-state index in [1.807, 2.05) is 55.5 Å². The molecule has 0 atom stereocenters. The molecule has 0 aliphatic carbocycles. The van der Waals surface area contributed by atoms with E-state index >= 15 is 0 Å². The lowest BCUT2D eigenvalue weighted by molar-refractivity contribution is 0.0955. The van der Waals surface area contributed by atoms with Gasteiger partial charge in [-0.05, 0) is 99.0 Å². The second-order valence-electron chi connectivity index (χ2n) is 10.3. The molecule has 0 radical (unpaired) electrons. The quantitative estimate of drug-likeness (QED) is 0.207. The van der Waals surface area contributed by atoms with Crippen molar-refractivity contribution in [2.24, 2.45) is 5.10 Å². The van der Waals surface area contributed by atoms with E-state index in [9.17, 15) is 9.59 Å². The van der Waals surface area contributed by atoms with E-state index < -0.39 is 0 Å². The van der Waals surface area contributed by atoms with Gasteiger partial charge in [0.1, 0.15) is 10.8 Å². The molecule has 1 aliphatic heterocycles. The van der Waals surface area contributed by atoms with E-state index in [1.54, 1.807) is 13.3 Å². The largest absolute Gasteiger partial charge is 0.497 e. The molecule has 8 nitrogen and oxygen atoms in total. The van der Waals surface area contributed by atoms with E-state index in [2.05, 4.69) is 39.5 Å². The average Bonchev–Trinajstić information content (AvgIpc) is 3.30. The van der Waals surface area contributed by atoms with Crippen LogP contribution in [-0.4, -0.2) is 61.1 Å². The SMILES string of the molecule is CCN(CC)Cc1cccc(C(=O)Nc2sc(CN3CCCCC3)c(C)c2C(=O)N/N=C/c2ccc(OC)cc2)c1. The van der Waals surface area contributed by atoms with Crippen LogP contribution in [0.3, 0.4) is 0 Å². The van der Waals surface area contributed by atoms with Gasteiger partial charge in [0.25, 0.3) is 11.8 Å². The minimum atomic E-state index is -0.348. The van der Waals surface area contributed by atoms with E-state index in [0.29, 0.717) is 16.1 Å². The molecule has 218 valence electrons. The zero-order valence-corrected chi connectivity index (χ0v) is 25.4. The standard InChI is InChI=1S/C32H41N5O3S/c1-5-36(6-2)21-25-11-10-12-26(19-25)30(38)34-32-29(23(3)28(41-32)22-37-17-8-7-9-18-37)31(39)35-33-20-24-13-15-27(40-4)16-14-24/h10-16,19-20H,5-9,17-18,21-22H2,1-4H3,(H,34,38)(H,35,39)/b33-20+. The molecule has 0 bridgehead atoms. The number of carbonyl (C=O) groups is 2. The Morgan fingerprint density at radius 1 is 1.05 bits per heavy atom. The van der Waals surface area contributed by atoms with Crippen molar-refractivity contribution < 1.29 is 14.3 Å². The number of piperidine rings is 1. The summed E-state index contributed by atoms with van der Waals surface area (Å²) in [5, 5.41) is 7.79. The summed E-state index contributed by atoms with van der Waals surface area (Å²) in [7, 11) is 1.62. The van der Waals surface area contributed by atoms with E-state index in [0.717, 1.165) is 66.6 Å². The van der Waals surface area contributed by atoms with Crippen molar-refractivity contribution >= 4 is 34.4 Å². The van der Waals surface area contributed by atoms with Gasteiger partial charge >= 0.3 is 0 Å². The Hall–Kier alpha value is -3.53. The van der Waals surface area contributed by atoms with Crippen molar-refractivity contribution in [1.82, 2.24) is 15.2 Å². The first kappa shape index (κ1) is 30.4. The smallest absolute Gasteiger partial charge is 0.274 e. The van der Waals surface area contributed by atoms with Crippen LogP contribution in [0.4, 0.5) is 5.00 Å². The number of amides is 2. The molecular weight excluding hydrogens is 534 g/mol. The molecule has 9 heteroatoms. The molecule has 0 saturated carbocycles. The third-order valence-electron chi connectivity index (χ3n) is 7.50. The minimum absolute atomic E-state index is 0.229. The summed E-state index contributed by atoms with van der Waals surface area (Å²) in [4.78, 5) is 32.7. The molecule has 1 saturated heterocycles. The van der Waals surface area contributed by atoms with Crippen molar-refractivity contribution in [2.75, 3.05) is 38.6 Å². The van der Waals surface area contributed by atoms with Crippen molar-refractivity contribution in [2.45, 2.75) is 53.1 Å². The number of nitrogens with one attached hydrogen (secondary N) is 2. The van der Waals surface area contributed by atoms with Crippen LogP contribution < -0.4 is 15.5 Å². The Morgan fingerprint density at radius 2 is 1.78 bits per heavy atom. The second kappa shape index (κ2) is 14.9. The number of likely N-dealkylation sites (tertiary alicyclic amines) is 1. The Labute approximate surface area is 247 Å². The van der Waals surface area contributed by atoms with Gasteiger partial charge < -0.3 is 10.1 Å². The summed E-state index contributed by atoms with van der Waals surface area (Å²) in [5.74, 6) is 0.173. The van der Waals surface area contributed by atoms with Gasteiger partial charge in [-0.25, -0.2) is 5.43 Å². The highest BCUT2D eigenvalue weighted by atomic mass is 32.1. The number of ether oxygens (including phenoxy) is 1. The third-order valence-corrected chi connectivity index (χ3v) is 8.69. The first-order valence-corrected chi connectivity index (χ1v) is 15.2. The fraction of sp³-hybridized carbons (Fsp3) is 0.406. The Kier molecular flexibility index (Phi) is 11.1. The molecule has 2 heterocycles. The van der Waals surface area contributed by atoms with Crippen LogP contribution in [-0.2, 0) is 13.1 Å². The number of hydrogen-bond donors (Lipinski definition) is 2. The van der Waals surface area contributed by atoms with Crippen LogP contribution in [0.5, 0.6) is 5.75 Å². The Morgan fingerprint density at radius 3 is 2.46 bits per heavy atom. The van der Waals surface area contributed by atoms with Crippen LogP contribution in [0, 0.1) is 6.92 Å². The van der Waals surface area contributed by atoms with Gasteiger partial charge in [-0.15, -0.1) is 11.3 Å². The summed E-state index contributed by atoms with van der Waals surface area (Å²) in [5.41, 5.74) is 6.49. The zero-order chi connectivity index (χ0) is 29.2. The van der Waals surface area contributed by atoms with Crippen LogP contribution in [0.1, 0.15) is 75.4 Å². The number of hydrazone groups is 1. The highest BCUT2D eigenvalue weighted by Gasteiger charge is 2.24. The average molecular weight is 576 g/mol. The number of thiophene rings is 1. The molecule has 2 amide bonds. The normalized spacial score (nSPS) is 14.0. The van der Waals surface area contributed by atoms with Crippen molar-refractivity contribution in [3.8, 4) is 5.75 Å². The van der Waals surface area contributed by atoms with Crippen LogP contribution in [0.15, 0.2) is 53.6 Å². The summed E-state index contributed by atoms with van der Waals surface area (Å²) < 4.78 is 5.20. The molecule has 1 fully saturated rings. The molecular formula is C32H41N5O3S. The molecule has 0 spiro atoms. The van der Waals surface area contributed by atoms with Crippen LogP contribution >= 0.6 is 11.3 Å². The Bertz CT molecular complexity index is 1340. The number of hydrogen-bond acceptors (Lipinski definition) is 7. The van der Waals surface area contributed by atoms with Gasteiger partial charge in [0, 0.05) is 23.5 Å². The molecule has 1 aliphatic rings. The maximum atomic E-state index is 13.4. The summed E-state index contributed by atoms with van der Waals surface area (Å²) >= 11 is 1.48. The van der Waals surface area contributed by atoms with Crippen molar-refractivity contribution in [3.63, 3.8) is 0 Å². The highest BCUT2D eigenvalue weighted by Crippen LogP contribution is 2.35. The lowest BCUT2D eigenvalue weighted by Gasteiger charge is -2.26. The predicted molar refractivity (Wildman–Crippen MR) is 167 cm³/mol. The van der Waals surface area contributed by atoms with Crippen LogP contribution in [0.25, 0.3) is 0 Å². The minimum Gasteiger partial charge on any atom is -0.497 e. The summed E-state index contributed by atoms with van der Waals surface area (Å²) in [6, 6.07) is 15.1. The fourth-order valence-electron chi connectivity index (χ4n) is 5.00. The lowest BCUT2D eigenvalue weighted by atomic mass is 10.1. The van der Waals surface area contributed by atoms with Gasteiger partial charge in [-0.2, -0.15) is 5.10 Å². The van der Waals surface area contributed by atoms with Gasteiger partial charge in [0.05, 0.1) is 18.9 Å². The molecule has 0 unspecified atom stereocenters. The highest BCUT2D eigenvalue weighted by molar-refractivity contribution is 7.17. The number of benzene rings is 2. The number of rotatable bonds is 12. The fourth-order valence-corrected chi connectivity index (χ4v) is 6.24. The third kappa shape index (κ3) is 8.25. The number of nitrogens with zero attached hydrogens (tertiary/aromatic N) is 3. The predicted octanol–water partition coefficient (Wildman–Crippen LogP) is 5.91. The van der Waals surface area contributed by atoms with Gasteiger partial charge in [0.2, 0.25) is 0 Å². The number of anilines is 1. The molecule has 3 aromatic rings. The molecule has 1 aromatic heterocycles. The number of methoxy groups -OCH3 is 1. The van der Waals surface area contributed by atoms with Gasteiger partial charge in [0.15, 0.2) is 0 Å². The van der Waals surface area contributed by atoms with Gasteiger partial charge in [-0.3, -0.25) is 19.4 Å². The first-order valence-electron chi connectivity index (χ1n) is 14.4. The second-order valence-corrected chi connectivity index (χ2v) is 11.4. The first-order chi connectivity index (χ1) is 19.9.